The van der Waals surface area contributed by atoms with Crippen LogP contribution >= 0.6 is 7.75 Å². The molecule has 0 aliphatic carbocycles. The first-order chi connectivity index (χ1) is 18.1. The monoisotopic (exact) mass is 550 g/mol. The molecule has 2 N–H and O–H groups in total. The Bertz CT molecular complexity index is 1080. The molecule has 0 heterocycles. The number of nitrogens with one attached hydrogen (secondary N) is 1. The van der Waals surface area contributed by atoms with Crippen LogP contribution in [-0.4, -0.2) is 40.7 Å². The summed E-state index contributed by atoms with van der Waals surface area (Å²) in [6, 6.07) is 11.9. The maximum absolute atomic E-state index is 13.7. The number of hydrogen-bond acceptors (Lipinski definition) is 8. The number of carbonyl (C=O) groups excluding carboxylic acids is 1. The molecular weight excluding hydrogens is 515 g/mol. The van der Waals surface area contributed by atoms with Crippen LogP contribution in [0.2, 0.25) is 0 Å². The number of ether oxygens (including phenoxy) is 1. The van der Waals surface area contributed by atoms with E-state index in [1.807, 2.05) is 0 Å². The molecule has 0 aliphatic heterocycles. The maximum atomic E-state index is 13.7. The maximum Gasteiger partial charge on any atom is 0.460 e. The lowest BCUT2D eigenvalue weighted by Crippen LogP contribution is -2.39. The SMILES string of the molecule is CCCCCCCCOC(=O)[C@H](C)OP(=O)(N[C@@H](Cc1ccccc1)C(=O)O)Oc1ccc([N+](=O)[O-])cc1. The summed E-state index contributed by atoms with van der Waals surface area (Å²) >= 11 is 0. The Morgan fingerprint density at radius 2 is 1.66 bits per heavy atom. The molecule has 2 aromatic rings. The summed E-state index contributed by atoms with van der Waals surface area (Å²) in [6.45, 7) is 3.62. The molecule has 0 aliphatic rings. The number of aliphatic carboxylic acids is 1. The third-order valence-corrected chi connectivity index (χ3v) is 7.21. The highest BCUT2D eigenvalue weighted by molar-refractivity contribution is 7.52. The number of carboxylic acid groups (broad SMARTS) is 1. The fraction of sp³-hybridized carbons (Fsp3) is 0.462. The van der Waals surface area contributed by atoms with Gasteiger partial charge in [-0.05, 0) is 37.5 Å². The van der Waals surface area contributed by atoms with Gasteiger partial charge in [-0.25, -0.2) is 9.36 Å². The Balaban J connectivity index is 2.12. The molecule has 2 aromatic carbocycles. The zero-order valence-corrected chi connectivity index (χ0v) is 22.5. The minimum absolute atomic E-state index is 0.0516. The van der Waals surface area contributed by atoms with Crippen LogP contribution in [0.1, 0.15) is 57.9 Å². The van der Waals surface area contributed by atoms with E-state index < -0.39 is 36.8 Å². The van der Waals surface area contributed by atoms with Crippen LogP contribution in [0.25, 0.3) is 0 Å². The van der Waals surface area contributed by atoms with Gasteiger partial charge in [0.05, 0.1) is 11.5 Å². The van der Waals surface area contributed by atoms with E-state index in [2.05, 4.69) is 12.0 Å². The average molecular weight is 551 g/mol. The predicted molar refractivity (Wildman–Crippen MR) is 141 cm³/mol. The number of unbranched alkanes of at least 4 members (excludes halogenated alkanes) is 5. The van der Waals surface area contributed by atoms with Gasteiger partial charge in [-0.1, -0.05) is 69.4 Å². The molecule has 0 aromatic heterocycles. The quantitative estimate of drug-likeness (QED) is 0.0779. The number of esters is 1. The van der Waals surface area contributed by atoms with Gasteiger partial charge in [0.2, 0.25) is 0 Å². The molecule has 0 spiro atoms. The standard InChI is InChI=1S/C26H35N2O9P/c1-3-4-5-6-7-11-18-35-26(31)20(2)36-38(34,37-23-16-14-22(15-17-23)28(32)33)27-24(25(29)30)19-21-12-9-8-10-13-21/h8-10,12-17,20,24H,3-7,11,18-19H2,1-2H3,(H,27,34)(H,29,30)/t20-,24-,38?/m0/s1. The summed E-state index contributed by atoms with van der Waals surface area (Å²) in [5, 5.41) is 23.1. The third kappa shape index (κ3) is 11.0. The molecular formula is C26H35N2O9P. The van der Waals surface area contributed by atoms with Gasteiger partial charge in [0.15, 0.2) is 6.10 Å². The lowest BCUT2D eigenvalue weighted by molar-refractivity contribution is -0.384. The van der Waals surface area contributed by atoms with E-state index in [9.17, 15) is 29.4 Å². The minimum atomic E-state index is -4.50. The molecule has 11 nitrogen and oxygen atoms in total. The van der Waals surface area contributed by atoms with Gasteiger partial charge in [-0.15, -0.1) is 0 Å². The molecule has 0 amide bonds. The number of nitrogens with zero attached hydrogens (tertiary/aromatic N) is 1. The first kappa shape index (κ1) is 31.0. The van der Waals surface area contributed by atoms with Crippen molar-refractivity contribution in [2.24, 2.45) is 0 Å². The van der Waals surface area contributed by atoms with E-state index in [1.165, 1.54) is 19.1 Å². The summed E-state index contributed by atoms with van der Waals surface area (Å²) in [6.07, 6.45) is 4.63. The summed E-state index contributed by atoms with van der Waals surface area (Å²) in [5.41, 5.74) is 0.431. The Morgan fingerprint density at radius 1 is 1.03 bits per heavy atom. The molecule has 12 heteroatoms. The lowest BCUT2D eigenvalue weighted by Gasteiger charge is -2.25. The van der Waals surface area contributed by atoms with E-state index >= 15 is 0 Å². The van der Waals surface area contributed by atoms with Crippen LogP contribution in [0.5, 0.6) is 5.75 Å². The normalized spacial score (nSPS) is 14.2. The highest BCUT2D eigenvalue weighted by Gasteiger charge is 2.37. The third-order valence-electron chi connectivity index (χ3n) is 5.54. The molecule has 0 fully saturated rings. The van der Waals surface area contributed by atoms with Crippen LogP contribution in [0, 0.1) is 10.1 Å². The average Bonchev–Trinajstić information content (AvgIpc) is 2.88. The smallest absolute Gasteiger partial charge is 0.460 e. The van der Waals surface area contributed by atoms with Crippen LogP contribution in [0.3, 0.4) is 0 Å². The molecule has 2 rings (SSSR count). The van der Waals surface area contributed by atoms with Crippen molar-refractivity contribution >= 4 is 25.4 Å². The first-order valence-electron chi connectivity index (χ1n) is 12.6. The topological polar surface area (TPSA) is 154 Å². The number of carbonyl (C=O) groups is 2. The number of hydrogen-bond donors (Lipinski definition) is 2. The van der Waals surface area contributed by atoms with Gasteiger partial charge in [0.25, 0.3) is 5.69 Å². The zero-order chi connectivity index (χ0) is 28.0. The van der Waals surface area contributed by atoms with E-state index in [0.29, 0.717) is 12.0 Å². The van der Waals surface area contributed by atoms with Crippen molar-refractivity contribution in [3.8, 4) is 5.75 Å². The van der Waals surface area contributed by atoms with Gasteiger partial charge in [-0.2, -0.15) is 5.09 Å². The molecule has 3 atom stereocenters. The molecule has 208 valence electrons. The second kappa shape index (κ2) is 15.9. The van der Waals surface area contributed by atoms with Crippen molar-refractivity contribution in [3.63, 3.8) is 0 Å². The van der Waals surface area contributed by atoms with Crippen LogP contribution in [0.4, 0.5) is 5.69 Å². The van der Waals surface area contributed by atoms with Crippen molar-refractivity contribution in [1.82, 2.24) is 5.09 Å². The number of carboxylic acids is 1. The Hall–Kier alpha value is -3.27. The second-order valence-corrected chi connectivity index (χ2v) is 10.4. The highest BCUT2D eigenvalue weighted by Crippen LogP contribution is 2.46. The minimum Gasteiger partial charge on any atom is -0.480 e. The van der Waals surface area contributed by atoms with E-state index in [1.54, 1.807) is 30.3 Å². The summed E-state index contributed by atoms with van der Waals surface area (Å²) in [7, 11) is -4.50. The number of non-ortho nitro benzene ring substituents is 1. The van der Waals surface area contributed by atoms with Crippen molar-refractivity contribution in [2.75, 3.05) is 6.61 Å². The van der Waals surface area contributed by atoms with Crippen molar-refractivity contribution in [2.45, 2.75) is 70.9 Å². The highest BCUT2D eigenvalue weighted by atomic mass is 31.2. The molecule has 1 unspecified atom stereocenters. The number of nitro benzene ring substituents is 1. The Kier molecular flexibility index (Phi) is 12.9. The first-order valence-corrected chi connectivity index (χ1v) is 14.1. The van der Waals surface area contributed by atoms with Crippen LogP contribution < -0.4 is 9.61 Å². The molecule has 38 heavy (non-hydrogen) atoms. The molecule has 0 bridgehead atoms. The van der Waals surface area contributed by atoms with Gasteiger partial charge in [0.1, 0.15) is 11.8 Å². The predicted octanol–water partition coefficient (Wildman–Crippen LogP) is 5.68. The Morgan fingerprint density at radius 3 is 2.26 bits per heavy atom. The van der Waals surface area contributed by atoms with Gasteiger partial charge in [-0.3, -0.25) is 19.4 Å². The molecule has 0 radical (unpaired) electrons. The second-order valence-electron chi connectivity index (χ2n) is 8.73. The van der Waals surface area contributed by atoms with Gasteiger partial charge >= 0.3 is 19.7 Å². The molecule has 0 saturated heterocycles. The zero-order valence-electron chi connectivity index (χ0n) is 21.6. The number of benzene rings is 2. The largest absolute Gasteiger partial charge is 0.480 e. The van der Waals surface area contributed by atoms with Crippen LogP contribution in [0.15, 0.2) is 54.6 Å². The van der Waals surface area contributed by atoms with Gasteiger partial charge < -0.3 is 14.4 Å². The van der Waals surface area contributed by atoms with E-state index in [-0.39, 0.29) is 24.5 Å². The molecule has 0 saturated carbocycles. The summed E-state index contributed by atoms with van der Waals surface area (Å²) in [5.74, 6) is -2.17. The summed E-state index contributed by atoms with van der Waals surface area (Å²) in [4.78, 5) is 34.8. The van der Waals surface area contributed by atoms with E-state index in [0.717, 1.165) is 44.2 Å². The van der Waals surface area contributed by atoms with Crippen molar-refractivity contribution in [3.05, 3.63) is 70.3 Å². The fourth-order valence-corrected chi connectivity index (χ4v) is 5.14. The summed E-state index contributed by atoms with van der Waals surface area (Å²) < 4.78 is 29.9. The van der Waals surface area contributed by atoms with Crippen molar-refractivity contribution in [1.29, 1.82) is 0 Å². The number of nitro groups is 1. The fourth-order valence-electron chi connectivity index (χ4n) is 3.50. The van der Waals surface area contributed by atoms with Gasteiger partial charge in [0, 0.05) is 12.1 Å². The van der Waals surface area contributed by atoms with Crippen LogP contribution in [-0.2, 0) is 29.8 Å². The Labute approximate surface area is 222 Å². The van der Waals surface area contributed by atoms with E-state index in [4.69, 9.17) is 13.8 Å². The van der Waals surface area contributed by atoms with Crippen molar-refractivity contribution < 1.29 is 38.0 Å². The number of rotatable bonds is 18. The lowest BCUT2D eigenvalue weighted by atomic mass is 10.1.